The molecule has 0 amide bonds. The predicted octanol–water partition coefficient (Wildman–Crippen LogP) is 2.79. The molecule has 0 radical (unpaired) electrons. The summed E-state index contributed by atoms with van der Waals surface area (Å²) in [6.07, 6.45) is 6.58. The molecule has 1 aliphatic heterocycles. The number of aromatic nitrogens is 4. The molecule has 0 bridgehead atoms. The Morgan fingerprint density at radius 1 is 1.12 bits per heavy atom. The fraction of sp³-hybridized carbons (Fsp3) is 0.294. The van der Waals surface area contributed by atoms with Crippen molar-refractivity contribution >= 4 is 16.5 Å². The molecular weight excluding hydrogens is 322 g/mol. The first-order valence-corrected chi connectivity index (χ1v) is 8.70. The Hall–Kier alpha value is -2.38. The van der Waals surface area contributed by atoms with E-state index in [0.717, 1.165) is 40.9 Å². The van der Waals surface area contributed by atoms with Crippen molar-refractivity contribution in [2.45, 2.75) is 19.1 Å². The average molecular weight is 339 g/mol. The molecule has 4 rings (SSSR count). The fourth-order valence-electron chi connectivity index (χ4n) is 2.67. The minimum absolute atomic E-state index is 0.223. The molecule has 1 atom stereocenters. The van der Waals surface area contributed by atoms with Gasteiger partial charge in [0.15, 0.2) is 5.01 Å². The Bertz CT molecular complexity index is 780. The van der Waals surface area contributed by atoms with E-state index in [2.05, 4.69) is 25.1 Å². The van der Waals surface area contributed by atoms with Gasteiger partial charge in [0.05, 0.1) is 12.7 Å². The van der Waals surface area contributed by atoms with Gasteiger partial charge in [-0.15, -0.1) is 10.2 Å². The zero-order valence-electron chi connectivity index (χ0n) is 13.1. The maximum absolute atomic E-state index is 6.01. The van der Waals surface area contributed by atoms with Crippen molar-refractivity contribution in [3.8, 4) is 10.7 Å². The van der Waals surface area contributed by atoms with Crippen LogP contribution in [0.25, 0.3) is 10.7 Å². The maximum Gasteiger partial charge on any atom is 0.208 e. The SMILES string of the molecule is c1ccc(-c2nnc(N3CC[C@H](OCc4ccncc4)C3)s2)nc1. The van der Waals surface area contributed by atoms with Gasteiger partial charge in [-0.3, -0.25) is 9.97 Å². The van der Waals surface area contributed by atoms with Gasteiger partial charge < -0.3 is 9.64 Å². The van der Waals surface area contributed by atoms with Crippen LogP contribution in [0.2, 0.25) is 0 Å². The predicted molar refractivity (Wildman–Crippen MR) is 92.8 cm³/mol. The van der Waals surface area contributed by atoms with Crippen LogP contribution in [0.1, 0.15) is 12.0 Å². The first kappa shape index (κ1) is 15.2. The van der Waals surface area contributed by atoms with E-state index in [4.69, 9.17) is 4.74 Å². The minimum atomic E-state index is 0.223. The summed E-state index contributed by atoms with van der Waals surface area (Å²) in [6.45, 7) is 2.41. The largest absolute Gasteiger partial charge is 0.372 e. The highest BCUT2D eigenvalue weighted by Gasteiger charge is 2.26. The highest BCUT2D eigenvalue weighted by Crippen LogP contribution is 2.30. The van der Waals surface area contributed by atoms with Crippen LogP contribution in [0.3, 0.4) is 0 Å². The molecule has 0 saturated carbocycles. The Morgan fingerprint density at radius 2 is 2.04 bits per heavy atom. The highest BCUT2D eigenvalue weighted by atomic mass is 32.1. The van der Waals surface area contributed by atoms with Gasteiger partial charge in [-0.25, -0.2) is 0 Å². The summed E-state index contributed by atoms with van der Waals surface area (Å²) in [4.78, 5) is 10.6. The third kappa shape index (κ3) is 3.42. The molecule has 0 N–H and O–H groups in total. The molecule has 0 spiro atoms. The Labute approximate surface area is 144 Å². The molecule has 24 heavy (non-hydrogen) atoms. The molecule has 1 fully saturated rings. The second-order valence-corrected chi connectivity index (χ2v) is 6.58. The second-order valence-electron chi connectivity index (χ2n) is 5.63. The van der Waals surface area contributed by atoms with Crippen molar-refractivity contribution < 1.29 is 4.74 Å². The van der Waals surface area contributed by atoms with Crippen molar-refractivity contribution in [3.05, 3.63) is 54.5 Å². The maximum atomic E-state index is 6.01. The van der Waals surface area contributed by atoms with Gasteiger partial charge in [-0.05, 0) is 36.2 Å². The number of rotatable bonds is 5. The zero-order chi connectivity index (χ0) is 16.2. The average Bonchev–Trinajstić information content (AvgIpc) is 3.31. The van der Waals surface area contributed by atoms with Gasteiger partial charge in [0.1, 0.15) is 5.69 Å². The summed E-state index contributed by atoms with van der Waals surface area (Å²) < 4.78 is 6.01. The summed E-state index contributed by atoms with van der Waals surface area (Å²) in [5.41, 5.74) is 2.02. The number of nitrogens with zero attached hydrogens (tertiary/aromatic N) is 5. The van der Waals surface area contributed by atoms with Gasteiger partial charge in [-0.2, -0.15) is 0 Å². The van der Waals surface area contributed by atoms with Crippen LogP contribution in [0.5, 0.6) is 0 Å². The van der Waals surface area contributed by atoms with Crippen LogP contribution >= 0.6 is 11.3 Å². The molecule has 3 aromatic heterocycles. The zero-order valence-corrected chi connectivity index (χ0v) is 13.9. The summed E-state index contributed by atoms with van der Waals surface area (Å²) in [5.74, 6) is 0. The molecule has 122 valence electrons. The summed E-state index contributed by atoms with van der Waals surface area (Å²) in [7, 11) is 0. The molecule has 6 nitrogen and oxygen atoms in total. The Kier molecular flexibility index (Phi) is 4.44. The second kappa shape index (κ2) is 7.02. The van der Waals surface area contributed by atoms with E-state index in [0.29, 0.717) is 6.61 Å². The lowest BCUT2D eigenvalue weighted by molar-refractivity contribution is 0.0553. The van der Waals surface area contributed by atoms with Crippen LogP contribution in [0.15, 0.2) is 48.9 Å². The van der Waals surface area contributed by atoms with E-state index < -0.39 is 0 Å². The normalized spacial score (nSPS) is 17.3. The number of anilines is 1. The molecule has 3 aromatic rings. The summed E-state index contributed by atoms with van der Waals surface area (Å²) >= 11 is 1.58. The summed E-state index contributed by atoms with van der Waals surface area (Å²) in [5, 5.41) is 10.4. The van der Waals surface area contributed by atoms with E-state index in [9.17, 15) is 0 Å². The molecule has 7 heteroatoms. The molecule has 0 aromatic carbocycles. The van der Waals surface area contributed by atoms with Crippen molar-refractivity contribution in [1.82, 2.24) is 20.2 Å². The van der Waals surface area contributed by atoms with E-state index in [1.165, 1.54) is 0 Å². The van der Waals surface area contributed by atoms with Gasteiger partial charge in [0.25, 0.3) is 0 Å². The Morgan fingerprint density at radius 3 is 2.88 bits per heavy atom. The van der Waals surface area contributed by atoms with E-state index in [1.54, 1.807) is 29.9 Å². The molecule has 4 heterocycles. The number of hydrogen-bond acceptors (Lipinski definition) is 7. The highest BCUT2D eigenvalue weighted by molar-refractivity contribution is 7.18. The van der Waals surface area contributed by atoms with Gasteiger partial charge in [0, 0.05) is 31.7 Å². The van der Waals surface area contributed by atoms with Crippen molar-refractivity contribution in [2.24, 2.45) is 0 Å². The Balaban J connectivity index is 1.36. The minimum Gasteiger partial charge on any atom is -0.372 e. The van der Waals surface area contributed by atoms with Crippen LogP contribution in [-0.2, 0) is 11.3 Å². The van der Waals surface area contributed by atoms with E-state index >= 15 is 0 Å². The molecule has 0 aliphatic carbocycles. The first-order valence-electron chi connectivity index (χ1n) is 7.89. The van der Waals surface area contributed by atoms with E-state index in [-0.39, 0.29) is 6.10 Å². The summed E-state index contributed by atoms with van der Waals surface area (Å²) in [6, 6.07) is 9.78. The smallest absolute Gasteiger partial charge is 0.208 e. The lowest BCUT2D eigenvalue weighted by Crippen LogP contribution is -2.22. The van der Waals surface area contributed by atoms with Crippen molar-refractivity contribution in [2.75, 3.05) is 18.0 Å². The van der Waals surface area contributed by atoms with Gasteiger partial charge >= 0.3 is 0 Å². The number of pyridine rings is 2. The lowest BCUT2D eigenvalue weighted by atomic mass is 10.3. The van der Waals surface area contributed by atoms with Gasteiger partial charge in [-0.1, -0.05) is 17.4 Å². The molecule has 0 unspecified atom stereocenters. The molecular formula is C17H17N5OS. The molecule has 1 aliphatic rings. The number of hydrogen-bond donors (Lipinski definition) is 0. The van der Waals surface area contributed by atoms with Gasteiger partial charge in [0.2, 0.25) is 5.13 Å². The first-order chi connectivity index (χ1) is 11.9. The lowest BCUT2D eigenvalue weighted by Gasteiger charge is -2.14. The van der Waals surface area contributed by atoms with E-state index in [1.807, 2.05) is 30.3 Å². The standard InChI is InChI=1S/C17H17N5OS/c1-2-7-19-15(3-1)16-20-21-17(24-16)22-10-6-14(11-22)23-12-13-4-8-18-9-5-13/h1-5,7-9,14H,6,10-12H2/t14-/m0/s1. The third-order valence-corrected chi connectivity index (χ3v) is 4.96. The van der Waals surface area contributed by atoms with Crippen LogP contribution in [-0.4, -0.2) is 39.4 Å². The monoisotopic (exact) mass is 339 g/mol. The quantitative estimate of drug-likeness (QED) is 0.712. The van der Waals surface area contributed by atoms with Crippen LogP contribution in [0, 0.1) is 0 Å². The van der Waals surface area contributed by atoms with Crippen molar-refractivity contribution in [1.29, 1.82) is 0 Å². The number of ether oxygens (including phenoxy) is 1. The van der Waals surface area contributed by atoms with Crippen LogP contribution in [0.4, 0.5) is 5.13 Å². The third-order valence-electron chi connectivity index (χ3n) is 3.95. The van der Waals surface area contributed by atoms with Crippen LogP contribution < -0.4 is 4.90 Å². The van der Waals surface area contributed by atoms with Crippen molar-refractivity contribution in [3.63, 3.8) is 0 Å². The molecule has 1 saturated heterocycles. The fourth-order valence-corrected chi connectivity index (χ4v) is 3.52. The topological polar surface area (TPSA) is 64.0 Å².